The third-order valence-corrected chi connectivity index (χ3v) is 5.11. The highest BCUT2D eigenvalue weighted by Gasteiger charge is 2.27. The lowest BCUT2D eigenvalue weighted by Crippen LogP contribution is -3.13. The van der Waals surface area contributed by atoms with E-state index < -0.39 is 0 Å². The first-order chi connectivity index (χ1) is 13.8. The Labute approximate surface area is 164 Å². The first-order valence-corrected chi connectivity index (χ1v) is 9.45. The molecule has 1 aromatic heterocycles. The predicted octanol–water partition coefficient (Wildman–Crippen LogP) is 2.13. The van der Waals surface area contributed by atoms with Gasteiger partial charge in [0.05, 0.1) is 38.9 Å². The van der Waals surface area contributed by atoms with Crippen LogP contribution in [0.4, 0.5) is 5.88 Å². The molecule has 6 heteroatoms. The lowest BCUT2D eigenvalue weighted by atomic mass is 10.2. The van der Waals surface area contributed by atoms with Gasteiger partial charge in [0.2, 0.25) is 17.5 Å². The minimum absolute atomic E-state index is 0.326. The lowest BCUT2D eigenvalue weighted by molar-refractivity contribution is -0.914. The summed E-state index contributed by atoms with van der Waals surface area (Å²) < 4.78 is 11.4. The Hall–Kier alpha value is -3.30. The fraction of sp³-hybridized carbons (Fsp3) is 0.273. The van der Waals surface area contributed by atoms with E-state index in [1.807, 2.05) is 30.3 Å². The van der Waals surface area contributed by atoms with Gasteiger partial charge in [0.1, 0.15) is 18.4 Å². The van der Waals surface area contributed by atoms with Gasteiger partial charge in [0.25, 0.3) is 0 Å². The second kappa shape index (κ2) is 8.15. The van der Waals surface area contributed by atoms with Gasteiger partial charge in [-0.05, 0) is 12.1 Å². The molecule has 2 heterocycles. The van der Waals surface area contributed by atoms with Crippen molar-refractivity contribution in [3.8, 4) is 23.3 Å². The summed E-state index contributed by atoms with van der Waals surface area (Å²) in [5, 5.41) is 9.55. The summed E-state index contributed by atoms with van der Waals surface area (Å²) in [6, 6.07) is 20.3. The first-order valence-electron chi connectivity index (χ1n) is 9.45. The zero-order chi connectivity index (χ0) is 19.3. The average molecular weight is 375 g/mol. The maximum Gasteiger partial charge on any atom is 0.235 e. The summed E-state index contributed by atoms with van der Waals surface area (Å²) in [6.45, 7) is 4.66. The van der Waals surface area contributed by atoms with Crippen LogP contribution in [0, 0.1) is 11.3 Å². The SMILES string of the molecule is COc1ccccc1-c1nc(C#N)c(N2CC[NH+](Cc3ccccc3)CC2)o1. The molecular weight excluding hydrogens is 352 g/mol. The number of hydrogen-bond donors (Lipinski definition) is 1. The number of benzene rings is 2. The number of oxazole rings is 1. The van der Waals surface area contributed by atoms with Crippen molar-refractivity contribution in [1.29, 1.82) is 5.26 Å². The van der Waals surface area contributed by atoms with E-state index >= 15 is 0 Å². The van der Waals surface area contributed by atoms with Crippen LogP contribution in [0.25, 0.3) is 11.5 Å². The number of para-hydroxylation sites is 1. The molecule has 28 heavy (non-hydrogen) atoms. The van der Waals surface area contributed by atoms with Gasteiger partial charge < -0.3 is 19.0 Å². The van der Waals surface area contributed by atoms with E-state index in [2.05, 4.69) is 40.2 Å². The molecule has 1 fully saturated rings. The Morgan fingerprint density at radius 3 is 2.54 bits per heavy atom. The monoisotopic (exact) mass is 375 g/mol. The number of nitrogens with one attached hydrogen (secondary N) is 1. The number of piperazine rings is 1. The second-order valence-corrected chi connectivity index (χ2v) is 6.88. The van der Waals surface area contributed by atoms with Crippen LogP contribution in [0.5, 0.6) is 5.75 Å². The van der Waals surface area contributed by atoms with Gasteiger partial charge in [-0.15, -0.1) is 0 Å². The van der Waals surface area contributed by atoms with E-state index in [-0.39, 0.29) is 0 Å². The van der Waals surface area contributed by atoms with Gasteiger partial charge >= 0.3 is 0 Å². The standard InChI is InChI=1S/C22H22N4O2/c1-27-20-10-6-5-9-18(20)21-24-19(15-23)22(28-21)26-13-11-25(12-14-26)16-17-7-3-2-4-8-17/h2-10H,11-14,16H2,1H3/p+1. The third kappa shape index (κ3) is 3.71. The number of nitriles is 1. The molecule has 0 aliphatic carbocycles. The van der Waals surface area contributed by atoms with E-state index in [0.29, 0.717) is 23.2 Å². The van der Waals surface area contributed by atoms with Crippen LogP contribution in [0.15, 0.2) is 59.0 Å². The number of ether oxygens (including phenoxy) is 1. The Morgan fingerprint density at radius 2 is 1.82 bits per heavy atom. The van der Waals surface area contributed by atoms with Crippen molar-refractivity contribution < 1.29 is 14.1 Å². The van der Waals surface area contributed by atoms with E-state index in [1.54, 1.807) is 7.11 Å². The predicted molar refractivity (Wildman–Crippen MR) is 106 cm³/mol. The van der Waals surface area contributed by atoms with Crippen molar-refractivity contribution in [2.45, 2.75) is 6.54 Å². The lowest BCUT2D eigenvalue weighted by Gasteiger charge is -2.32. The van der Waals surface area contributed by atoms with Crippen molar-refractivity contribution in [3.05, 3.63) is 65.9 Å². The molecule has 0 radical (unpaired) electrons. The van der Waals surface area contributed by atoms with Crippen LogP contribution in [0.3, 0.4) is 0 Å². The molecule has 1 aliphatic rings. The Morgan fingerprint density at radius 1 is 1.11 bits per heavy atom. The van der Waals surface area contributed by atoms with Gasteiger partial charge in [0, 0.05) is 5.56 Å². The number of quaternary nitrogens is 1. The van der Waals surface area contributed by atoms with Crippen LogP contribution < -0.4 is 14.5 Å². The molecule has 0 unspecified atom stereocenters. The minimum atomic E-state index is 0.326. The summed E-state index contributed by atoms with van der Waals surface area (Å²) in [5.74, 6) is 1.65. The zero-order valence-corrected chi connectivity index (χ0v) is 15.9. The molecule has 1 aliphatic heterocycles. The number of hydrogen-bond acceptors (Lipinski definition) is 5. The van der Waals surface area contributed by atoms with E-state index in [0.717, 1.165) is 38.3 Å². The smallest absolute Gasteiger partial charge is 0.235 e. The summed E-state index contributed by atoms with van der Waals surface area (Å²) in [5.41, 5.74) is 2.43. The molecule has 6 nitrogen and oxygen atoms in total. The molecule has 2 aromatic carbocycles. The topological polar surface area (TPSA) is 66.7 Å². The summed E-state index contributed by atoms with van der Waals surface area (Å²) >= 11 is 0. The number of rotatable bonds is 5. The molecule has 0 amide bonds. The van der Waals surface area contributed by atoms with Gasteiger partial charge in [-0.25, -0.2) is 0 Å². The van der Waals surface area contributed by atoms with Crippen molar-refractivity contribution in [2.75, 3.05) is 38.2 Å². The summed E-state index contributed by atoms with van der Waals surface area (Å²) in [6.07, 6.45) is 0. The quantitative estimate of drug-likeness (QED) is 0.740. The number of aromatic nitrogens is 1. The highest BCUT2D eigenvalue weighted by atomic mass is 16.5. The Bertz CT molecular complexity index is 970. The van der Waals surface area contributed by atoms with Crippen molar-refractivity contribution >= 4 is 5.88 Å². The molecule has 0 spiro atoms. The van der Waals surface area contributed by atoms with Crippen molar-refractivity contribution in [3.63, 3.8) is 0 Å². The molecule has 0 atom stereocenters. The molecule has 4 rings (SSSR count). The second-order valence-electron chi connectivity index (χ2n) is 6.88. The van der Waals surface area contributed by atoms with E-state index in [1.165, 1.54) is 10.5 Å². The number of anilines is 1. The zero-order valence-electron chi connectivity index (χ0n) is 15.9. The van der Waals surface area contributed by atoms with Crippen LogP contribution in [-0.2, 0) is 6.54 Å². The molecule has 1 saturated heterocycles. The third-order valence-electron chi connectivity index (χ3n) is 5.11. The van der Waals surface area contributed by atoms with Gasteiger partial charge in [-0.2, -0.15) is 10.2 Å². The van der Waals surface area contributed by atoms with Gasteiger partial charge in [-0.3, -0.25) is 0 Å². The highest BCUT2D eigenvalue weighted by molar-refractivity contribution is 5.65. The van der Waals surface area contributed by atoms with Crippen LogP contribution in [-0.4, -0.2) is 38.3 Å². The van der Waals surface area contributed by atoms with Crippen LogP contribution in [0.1, 0.15) is 11.3 Å². The first kappa shape index (κ1) is 18.1. The molecule has 142 valence electrons. The van der Waals surface area contributed by atoms with Gasteiger partial charge in [0.15, 0.2) is 0 Å². The van der Waals surface area contributed by atoms with E-state index in [9.17, 15) is 5.26 Å². The summed E-state index contributed by atoms with van der Waals surface area (Å²) in [4.78, 5) is 8.07. The average Bonchev–Trinajstić information content (AvgIpc) is 3.19. The fourth-order valence-electron chi connectivity index (χ4n) is 3.62. The summed E-state index contributed by atoms with van der Waals surface area (Å²) in [7, 11) is 1.61. The van der Waals surface area contributed by atoms with Crippen LogP contribution in [0.2, 0.25) is 0 Å². The molecule has 0 bridgehead atoms. The minimum Gasteiger partial charge on any atom is -0.496 e. The van der Waals surface area contributed by atoms with Crippen molar-refractivity contribution in [2.24, 2.45) is 0 Å². The van der Waals surface area contributed by atoms with E-state index in [4.69, 9.17) is 9.15 Å². The maximum absolute atomic E-state index is 9.55. The Kier molecular flexibility index (Phi) is 5.27. The molecule has 1 N–H and O–H groups in total. The van der Waals surface area contributed by atoms with Crippen molar-refractivity contribution in [1.82, 2.24) is 4.98 Å². The molecule has 3 aromatic rings. The van der Waals surface area contributed by atoms with Crippen LogP contribution >= 0.6 is 0 Å². The van der Waals surface area contributed by atoms with Gasteiger partial charge in [-0.1, -0.05) is 42.5 Å². The number of nitrogens with zero attached hydrogens (tertiary/aromatic N) is 3. The largest absolute Gasteiger partial charge is 0.496 e. The molecule has 0 saturated carbocycles. The highest BCUT2D eigenvalue weighted by Crippen LogP contribution is 2.33. The molecular formula is C22H23N4O2+. The maximum atomic E-state index is 9.55. The Balaban J connectivity index is 1.49. The normalized spacial score (nSPS) is 14.6. The number of methoxy groups -OCH3 is 1. The fourth-order valence-corrected chi connectivity index (χ4v) is 3.62.